The number of nitrogens with one attached hydrogen (secondary N) is 1. The number of hydrogen-bond donors (Lipinski definition) is 2. The first-order valence-corrected chi connectivity index (χ1v) is 13.7. The molecule has 3 aromatic rings. The zero-order chi connectivity index (χ0) is 27.5. The Bertz CT molecular complexity index is 1340. The molecule has 39 heavy (non-hydrogen) atoms. The molecule has 2 aromatic heterocycles. The summed E-state index contributed by atoms with van der Waals surface area (Å²) < 4.78 is 20.2. The van der Waals surface area contributed by atoms with Gasteiger partial charge in [-0.2, -0.15) is 0 Å². The second kappa shape index (κ2) is 12.0. The van der Waals surface area contributed by atoms with Crippen LogP contribution in [0.15, 0.2) is 35.3 Å². The number of esters is 1. The molecule has 2 saturated heterocycles. The van der Waals surface area contributed by atoms with Crippen LogP contribution in [0.1, 0.15) is 37.3 Å². The lowest BCUT2D eigenvalue weighted by atomic mass is 10.00. The molecule has 0 bridgehead atoms. The number of fused-ring (bicyclic) bond motifs is 1. The number of pyridine rings is 1. The third-order valence-electron chi connectivity index (χ3n) is 7.65. The molecule has 210 valence electrons. The molecule has 0 amide bonds. The van der Waals surface area contributed by atoms with Gasteiger partial charge in [0.2, 0.25) is 0 Å². The number of nitrogens with zero attached hydrogens (tertiary/aromatic N) is 3. The quantitative estimate of drug-likeness (QED) is 0.399. The predicted molar refractivity (Wildman–Crippen MR) is 146 cm³/mol. The lowest BCUT2D eigenvalue weighted by Crippen LogP contribution is -2.46. The molecule has 2 N–H and O–H groups in total. The second-order valence-electron chi connectivity index (χ2n) is 10.8. The molecule has 10 heteroatoms. The summed E-state index contributed by atoms with van der Waals surface area (Å²) in [7, 11) is 1.76. The van der Waals surface area contributed by atoms with Crippen LogP contribution < -0.4 is 10.9 Å². The van der Waals surface area contributed by atoms with Gasteiger partial charge in [-0.3, -0.25) is 14.9 Å². The van der Waals surface area contributed by atoms with E-state index < -0.39 is 18.1 Å². The van der Waals surface area contributed by atoms with Crippen molar-refractivity contribution in [3.8, 4) is 11.4 Å². The molecule has 2 aliphatic rings. The normalized spacial score (nSPS) is 19.8. The summed E-state index contributed by atoms with van der Waals surface area (Å²) in [6.07, 6.45) is 3.32. The van der Waals surface area contributed by atoms with E-state index in [1.54, 1.807) is 18.5 Å². The van der Waals surface area contributed by atoms with Crippen molar-refractivity contribution in [2.45, 2.75) is 64.4 Å². The average molecular weight is 539 g/mol. The summed E-state index contributed by atoms with van der Waals surface area (Å²) in [5.74, 6) is 0.826. The maximum absolute atomic E-state index is 12.7. The number of aliphatic hydroxyl groups excluding tert-OH is 1. The van der Waals surface area contributed by atoms with E-state index in [0.29, 0.717) is 37.7 Å². The number of carbonyl (C=O) groups is 1. The molecule has 5 rings (SSSR count). The van der Waals surface area contributed by atoms with Gasteiger partial charge in [0.1, 0.15) is 18.0 Å². The molecule has 0 spiro atoms. The van der Waals surface area contributed by atoms with E-state index >= 15 is 0 Å². The smallest absolute Gasteiger partial charge is 0.326 e. The van der Waals surface area contributed by atoms with Crippen molar-refractivity contribution in [3.63, 3.8) is 0 Å². The number of rotatable bonds is 9. The predicted octanol–water partition coefficient (Wildman–Crippen LogP) is 2.31. The van der Waals surface area contributed by atoms with E-state index in [1.807, 2.05) is 31.3 Å². The van der Waals surface area contributed by atoms with Gasteiger partial charge in [-0.05, 0) is 56.4 Å². The molecule has 2 aliphatic heterocycles. The minimum atomic E-state index is -0.915. The minimum Gasteiger partial charge on any atom is -0.459 e. The van der Waals surface area contributed by atoms with Crippen LogP contribution in [-0.2, 0) is 39.1 Å². The van der Waals surface area contributed by atoms with Crippen LogP contribution in [0.3, 0.4) is 0 Å². The molecule has 0 saturated carbocycles. The number of hydrogen-bond acceptors (Lipinski definition) is 8. The Hall–Kier alpha value is -3.05. The SMILES string of the molecule is Cc1cc(-c2nc3cc(CN[C@H](C(=O)OC4CCOC4)[C@H](C)O)ccc3n2CC2CCOCC2)cn(C)c1=O. The first kappa shape index (κ1) is 27.5. The second-order valence-corrected chi connectivity index (χ2v) is 10.8. The van der Waals surface area contributed by atoms with Crippen molar-refractivity contribution in [3.05, 3.63) is 51.9 Å². The van der Waals surface area contributed by atoms with Gasteiger partial charge in [-0.1, -0.05) is 6.07 Å². The molecule has 4 heterocycles. The van der Waals surface area contributed by atoms with Crippen molar-refractivity contribution in [1.82, 2.24) is 19.4 Å². The van der Waals surface area contributed by atoms with Gasteiger partial charge >= 0.3 is 5.97 Å². The van der Waals surface area contributed by atoms with Crippen molar-refractivity contribution >= 4 is 17.0 Å². The van der Waals surface area contributed by atoms with Crippen molar-refractivity contribution < 1.29 is 24.1 Å². The zero-order valence-corrected chi connectivity index (χ0v) is 22.9. The Morgan fingerprint density at radius 3 is 2.67 bits per heavy atom. The van der Waals surface area contributed by atoms with Gasteiger partial charge in [-0.25, -0.2) is 4.98 Å². The van der Waals surface area contributed by atoms with Gasteiger partial charge in [-0.15, -0.1) is 0 Å². The molecular formula is C29H38N4O6. The van der Waals surface area contributed by atoms with Crippen molar-refractivity contribution in [2.24, 2.45) is 13.0 Å². The number of ether oxygens (including phenoxy) is 3. The summed E-state index contributed by atoms with van der Waals surface area (Å²) in [5, 5.41) is 13.4. The van der Waals surface area contributed by atoms with Gasteiger partial charge in [0.15, 0.2) is 0 Å². The molecule has 10 nitrogen and oxygen atoms in total. The van der Waals surface area contributed by atoms with Gasteiger partial charge in [0.05, 0.1) is 30.4 Å². The maximum atomic E-state index is 12.7. The van der Waals surface area contributed by atoms with Crippen LogP contribution in [0.2, 0.25) is 0 Å². The van der Waals surface area contributed by atoms with E-state index in [-0.39, 0.29) is 11.7 Å². The van der Waals surface area contributed by atoms with Gasteiger partial charge in [0, 0.05) is 57.1 Å². The van der Waals surface area contributed by atoms with Crippen molar-refractivity contribution in [2.75, 3.05) is 26.4 Å². The standard InChI is InChI=1S/C29H38N4O6/c1-18-12-22(16-32(3)28(18)35)27-31-24-13-21(4-5-25(24)33(27)15-20-6-9-37-10-7-20)14-30-26(19(2)34)29(36)39-23-8-11-38-17-23/h4-5,12-13,16,19-20,23,26,30,34H,6-11,14-15,17H2,1-3H3/t19-,23?,26-/m0/s1. The Morgan fingerprint density at radius 1 is 1.21 bits per heavy atom. The highest BCUT2D eigenvalue weighted by Gasteiger charge is 2.29. The summed E-state index contributed by atoms with van der Waals surface area (Å²) in [5.41, 5.74) is 4.33. The topological polar surface area (TPSA) is 117 Å². The van der Waals surface area contributed by atoms with E-state index in [1.165, 1.54) is 0 Å². The van der Waals surface area contributed by atoms with E-state index in [0.717, 1.165) is 60.6 Å². The van der Waals surface area contributed by atoms with Gasteiger partial charge < -0.3 is 28.5 Å². The van der Waals surface area contributed by atoms with E-state index in [2.05, 4.69) is 16.0 Å². The number of aliphatic hydroxyl groups is 1. The van der Waals surface area contributed by atoms with Crippen LogP contribution >= 0.6 is 0 Å². The summed E-state index contributed by atoms with van der Waals surface area (Å²) >= 11 is 0. The lowest BCUT2D eigenvalue weighted by molar-refractivity contribution is -0.154. The minimum absolute atomic E-state index is 0.0224. The Labute approximate surface area is 227 Å². The fourth-order valence-corrected chi connectivity index (χ4v) is 5.40. The first-order valence-electron chi connectivity index (χ1n) is 13.7. The first-order chi connectivity index (χ1) is 18.8. The summed E-state index contributed by atoms with van der Waals surface area (Å²) in [6.45, 7) is 7.08. The summed E-state index contributed by atoms with van der Waals surface area (Å²) in [6, 6.07) is 7.14. The van der Waals surface area contributed by atoms with Crippen molar-refractivity contribution in [1.29, 1.82) is 0 Å². The highest BCUT2D eigenvalue weighted by atomic mass is 16.6. The zero-order valence-electron chi connectivity index (χ0n) is 22.9. The van der Waals surface area contributed by atoms with E-state index in [9.17, 15) is 14.7 Å². The highest BCUT2D eigenvalue weighted by molar-refractivity contribution is 5.81. The third-order valence-corrected chi connectivity index (χ3v) is 7.65. The fourth-order valence-electron chi connectivity index (χ4n) is 5.40. The highest BCUT2D eigenvalue weighted by Crippen LogP contribution is 2.29. The van der Waals surface area contributed by atoms with Crippen LogP contribution in [0.25, 0.3) is 22.4 Å². The van der Waals surface area contributed by atoms with E-state index in [4.69, 9.17) is 19.2 Å². The number of carbonyl (C=O) groups excluding carboxylic acids is 1. The number of benzene rings is 1. The lowest BCUT2D eigenvalue weighted by Gasteiger charge is -2.23. The molecule has 1 unspecified atom stereocenters. The third kappa shape index (κ3) is 6.24. The van der Waals surface area contributed by atoms with Crippen LogP contribution in [0, 0.1) is 12.8 Å². The molecular weight excluding hydrogens is 500 g/mol. The number of imidazole rings is 1. The molecule has 3 atom stereocenters. The summed E-state index contributed by atoms with van der Waals surface area (Å²) in [4.78, 5) is 30.1. The van der Waals surface area contributed by atoms with Crippen LogP contribution in [0.5, 0.6) is 0 Å². The van der Waals surface area contributed by atoms with Gasteiger partial charge in [0.25, 0.3) is 5.56 Å². The monoisotopic (exact) mass is 538 g/mol. The molecule has 2 fully saturated rings. The number of aromatic nitrogens is 3. The fraction of sp³-hybridized carbons (Fsp3) is 0.552. The Balaban J connectivity index is 1.41. The number of aryl methyl sites for hydroxylation is 2. The van der Waals surface area contributed by atoms with Crippen LogP contribution in [-0.4, -0.2) is 69.9 Å². The maximum Gasteiger partial charge on any atom is 0.326 e. The van der Waals surface area contributed by atoms with Crippen LogP contribution in [0.4, 0.5) is 0 Å². The molecule has 0 aliphatic carbocycles. The largest absolute Gasteiger partial charge is 0.459 e. The average Bonchev–Trinajstić information content (AvgIpc) is 3.55. The molecule has 1 aromatic carbocycles. The Morgan fingerprint density at radius 2 is 1.97 bits per heavy atom. The Kier molecular flexibility index (Phi) is 8.46. The molecule has 0 radical (unpaired) electrons.